The summed E-state index contributed by atoms with van der Waals surface area (Å²) in [4.78, 5) is 11.0. The molecule has 0 unspecified atom stereocenters. The van der Waals surface area contributed by atoms with E-state index in [0.717, 1.165) is 10.9 Å². The predicted octanol–water partition coefficient (Wildman–Crippen LogP) is 2.55. The maximum Gasteiger partial charge on any atom is 0.340 e. The van der Waals surface area contributed by atoms with Gasteiger partial charge in [-0.25, -0.2) is 4.79 Å². The van der Waals surface area contributed by atoms with Crippen LogP contribution in [0.3, 0.4) is 0 Å². The van der Waals surface area contributed by atoms with Crippen molar-refractivity contribution in [2.24, 2.45) is 0 Å². The second-order valence-electron chi connectivity index (χ2n) is 3.43. The van der Waals surface area contributed by atoms with Crippen molar-refractivity contribution in [3.05, 3.63) is 41.5 Å². The van der Waals surface area contributed by atoms with Crippen molar-refractivity contribution in [2.75, 3.05) is 0 Å². The van der Waals surface area contributed by atoms with Crippen LogP contribution in [0, 0.1) is 6.92 Å². The first-order valence-corrected chi connectivity index (χ1v) is 4.56. The highest BCUT2D eigenvalue weighted by Gasteiger charge is 2.14. The third kappa shape index (κ3) is 1.42. The van der Waals surface area contributed by atoms with Crippen LogP contribution >= 0.6 is 0 Å². The number of carboxylic acid groups (broad SMARTS) is 1. The molecule has 0 fully saturated rings. The zero-order valence-electron chi connectivity index (χ0n) is 8.19. The smallest absolute Gasteiger partial charge is 0.340 e. The number of aryl methyl sites for hydroxylation is 1. The fourth-order valence-corrected chi connectivity index (χ4v) is 1.73. The van der Waals surface area contributed by atoms with E-state index in [4.69, 9.17) is 5.11 Å². The van der Waals surface area contributed by atoms with E-state index in [0.29, 0.717) is 5.39 Å². The lowest BCUT2D eigenvalue weighted by Crippen LogP contribution is -1.98. The van der Waals surface area contributed by atoms with Gasteiger partial charge in [0.25, 0.3) is 0 Å². The number of hydrogen-bond acceptors (Lipinski definition) is 2. The van der Waals surface area contributed by atoms with E-state index in [1.165, 1.54) is 6.07 Å². The predicted molar refractivity (Wildman–Crippen MR) is 57.3 cm³/mol. The molecule has 0 heterocycles. The molecule has 2 aromatic rings. The van der Waals surface area contributed by atoms with Crippen LogP contribution in [0.25, 0.3) is 10.8 Å². The zero-order valence-corrected chi connectivity index (χ0v) is 8.19. The normalized spacial score (nSPS) is 10.5. The first kappa shape index (κ1) is 9.52. The molecule has 0 aliphatic heterocycles. The molecule has 0 saturated carbocycles. The van der Waals surface area contributed by atoms with Gasteiger partial charge in [-0.1, -0.05) is 24.3 Å². The lowest BCUT2D eigenvalue weighted by Gasteiger charge is -2.06. The molecule has 2 rings (SSSR count). The number of fused-ring (bicyclic) bond motifs is 1. The third-order valence-electron chi connectivity index (χ3n) is 2.47. The Kier molecular flexibility index (Phi) is 2.08. The Morgan fingerprint density at radius 3 is 2.53 bits per heavy atom. The van der Waals surface area contributed by atoms with Crippen LogP contribution < -0.4 is 0 Å². The number of hydrogen-bond donors (Lipinski definition) is 2. The number of rotatable bonds is 1. The molecule has 0 saturated heterocycles. The summed E-state index contributed by atoms with van der Waals surface area (Å²) in [5.41, 5.74) is 0.964. The molecule has 0 aromatic heterocycles. The monoisotopic (exact) mass is 202 g/mol. The Balaban J connectivity index is 2.94. The number of aromatic hydroxyl groups is 1. The summed E-state index contributed by atoms with van der Waals surface area (Å²) in [6.07, 6.45) is 0. The second kappa shape index (κ2) is 3.28. The number of aromatic carboxylic acids is 1. The van der Waals surface area contributed by atoms with Gasteiger partial charge < -0.3 is 10.2 Å². The summed E-state index contributed by atoms with van der Waals surface area (Å²) in [6.45, 7) is 1.91. The Hall–Kier alpha value is -2.03. The average molecular weight is 202 g/mol. The van der Waals surface area contributed by atoms with Crippen molar-refractivity contribution < 1.29 is 15.0 Å². The van der Waals surface area contributed by atoms with E-state index in [1.54, 1.807) is 18.2 Å². The van der Waals surface area contributed by atoms with E-state index in [1.807, 2.05) is 13.0 Å². The maximum atomic E-state index is 11.0. The Bertz CT molecular complexity index is 544. The topological polar surface area (TPSA) is 57.5 Å². The van der Waals surface area contributed by atoms with Gasteiger partial charge in [-0.15, -0.1) is 0 Å². The fourth-order valence-electron chi connectivity index (χ4n) is 1.73. The summed E-state index contributed by atoms with van der Waals surface area (Å²) in [7, 11) is 0. The Morgan fingerprint density at radius 1 is 1.13 bits per heavy atom. The number of carboxylic acids is 1. The van der Waals surface area contributed by atoms with Gasteiger partial charge in [0.15, 0.2) is 0 Å². The van der Waals surface area contributed by atoms with E-state index in [-0.39, 0.29) is 11.3 Å². The minimum atomic E-state index is -1.11. The van der Waals surface area contributed by atoms with Crippen LogP contribution in [-0.2, 0) is 0 Å². The minimum Gasteiger partial charge on any atom is -0.507 e. The molecule has 2 N–H and O–H groups in total. The molecular formula is C12H10O3. The summed E-state index contributed by atoms with van der Waals surface area (Å²) >= 11 is 0. The minimum absolute atomic E-state index is 0.0313. The second-order valence-corrected chi connectivity index (χ2v) is 3.43. The molecule has 0 atom stereocenters. The van der Waals surface area contributed by atoms with E-state index < -0.39 is 5.97 Å². The molecule has 0 aliphatic rings. The largest absolute Gasteiger partial charge is 0.507 e. The van der Waals surface area contributed by atoms with Gasteiger partial charge in [-0.05, 0) is 23.9 Å². The van der Waals surface area contributed by atoms with E-state index in [2.05, 4.69) is 0 Å². The standard InChI is InChI=1S/C12H10O3/c1-7-3-2-4-9-8(7)5-6-10(13)11(9)12(14)15/h2-6,13H,1H3,(H,14,15). The number of benzene rings is 2. The molecule has 3 nitrogen and oxygen atoms in total. The van der Waals surface area contributed by atoms with Crippen LogP contribution in [0.2, 0.25) is 0 Å². The van der Waals surface area contributed by atoms with Gasteiger partial charge in [0.2, 0.25) is 0 Å². The molecular weight excluding hydrogens is 192 g/mol. The van der Waals surface area contributed by atoms with E-state index >= 15 is 0 Å². The zero-order chi connectivity index (χ0) is 11.0. The summed E-state index contributed by atoms with van der Waals surface area (Å²) in [5.74, 6) is -1.30. The fraction of sp³-hybridized carbons (Fsp3) is 0.0833. The summed E-state index contributed by atoms with van der Waals surface area (Å²) in [6, 6.07) is 8.53. The SMILES string of the molecule is Cc1cccc2c(C(=O)O)c(O)ccc12. The van der Waals surface area contributed by atoms with Gasteiger partial charge in [0.1, 0.15) is 11.3 Å². The first-order chi connectivity index (χ1) is 7.11. The first-order valence-electron chi connectivity index (χ1n) is 4.56. The van der Waals surface area contributed by atoms with Crippen LogP contribution in [0.5, 0.6) is 5.75 Å². The van der Waals surface area contributed by atoms with E-state index in [9.17, 15) is 9.90 Å². The van der Waals surface area contributed by atoms with Gasteiger partial charge in [-0.3, -0.25) is 0 Å². The van der Waals surface area contributed by atoms with Crippen molar-refractivity contribution in [1.29, 1.82) is 0 Å². The average Bonchev–Trinajstić information content (AvgIpc) is 2.17. The Morgan fingerprint density at radius 2 is 1.87 bits per heavy atom. The van der Waals surface area contributed by atoms with Crippen molar-refractivity contribution in [1.82, 2.24) is 0 Å². The highest BCUT2D eigenvalue weighted by atomic mass is 16.4. The number of phenols is 1. The lowest BCUT2D eigenvalue weighted by atomic mass is 10.00. The van der Waals surface area contributed by atoms with Gasteiger partial charge >= 0.3 is 5.97 Å². The highest BCUT2D eigenvalue weighted by molar-refractivity contribution is 6.06. The third-order valence-corrected chi connectivity index (χ3v) is 2.47. The van der Waals surface area contributed by atoms with Gasteiger partial charge in [0, 0.05) is 5.39 Å². The molecule has 0 aliphatic carbocycles. The van der Waals surface area contributed by atoms with Crippen molar-refractivity contribution in [2.45, 2.75) is 6.92 Å². The summed E-state index contributed by atoms with van der Waals surface area (Å²) < 4.78 is 0. The highest BCUT2D eigenvalue weighted by Crippen LogP contribution is 2.28. The number of carbonyl (C=O) groups is 1. The maximum absolute atomic E-state index is 11.0. The molecule has 0 amide bonds. The van der Waals surface area contributed by atoms with Crippen molar-refractivity contribution in [3.8, 4) is 5.75 Å². The lowest BCUT2D eigenvalue weighted by molar-refractivity contribution is 0.0696. The Labute approximate surface area is 86.6 Å². The molecule has 0 bridgehead atoms. The van der Waals surface area contributed by atoms with Crippen LogP contribution in [-0.4, -0.2) is 16.2 Å². The van der Waals surface area contributed by atoms with Crippen molar-refractivity contribution in [3.63, 3.8) is 0 Å². The van der Waals surface area contributed by atoms with Gasteiger partial charge in [0.05, 0.1) is 0 Å². The van der Waals surface area contributed by atoms with Crippen molar-refractivity contribution >= 4 is 16.7 Å². The van der Waals surface area contributed by atoms with Gasteiger partial charge in [-0.2, -0.15) is 0 Å². The van der Waals surface area contributed by atoms with Crippen LogP contribution in [0.15, 0.2) is 30.3 Å². The van der Waals surface area contributed by atoms with Crippen LogP contribution in [0.1, 0.15) is 15.9 Å². The molecule has 0 radical (unpaired) electrons. The molecule has 15 heavy (non-hydrogen) atoms. The molecule has 76 valence electrons. The summed E-state index contributed by atoms with van der Waals surface area (Å²) in [5, 5.41) is 19.9. The quantitative estimate of drug-likeness (QED) is 0.747. The molecule has 2 aromatic carbocycles. The molecule has 0 spiro atoms. The molecule has 3 heteroatoms. The van der Waals surface area contributed by atoms with Crippen LogP contribution in [0.4, 0.5) is 0 Å².